The molecule has 0 bridgehead atoms. The lowest BCUT2D eigenvalue weighted by Crippen LogP contribution is -2.35. The van der Waals surface area contributed by atoms with Crippen LogP contribution in [0.25, 0.3) is 0 Å². The normalized spacial score (nSPS) is 19.9. The van der Waals surface area contributed by atoms with E-state index in [0.29, 0.717) is 58.3 Å². The van der Waals surface area contributed by atoms with Crippen LogP contribution in [0, 0.1) is 5.92 Å². The lowest BCUT2D eigenvalue weighted by atomic mass is 9.97. The molecule has 0 heterocycles. The maximum absolute atomic E-state index is 12.2. The molecule has 358 valence electrons. The maximum atomic E-state index is 12.2. The Labute approximate surface area is 393 Å². The Hall–Kier alpha value is -1.46. The van der Waals surface area contributed by atoms with Crippen molar-refractivity contribution in [1.29, 1.82) is 0 Å². The third-order valence-electron chi connectivity index (χ3n) is 9.74. The van der Waals surface area contributed by atoms with E-state index in [4.69, 9.17) is 24.4 Å². The number of ether oxygens (including phenoxy) is 2. The molecule has 21 heteroatoms. The third-order valence-corrected chi connectivity index (χ3v) is 16.2. The van der Waals surface area contributed by atoms with Gasteiger partial charge in [0.25, 0.3) is 0 Å². The fourth-order valence-corrected chi connectivity index (χ4v) is 11.5. The number of carboxylic acids is 2. The van der Waals surface area contributed by atoms with Crippen LogP contribution in [0.5, 0.6) is 0 Å². The van der Waals surface area contributed by atoms with E-state index >= 15 is 0 Å². The number of amides is 1. The van der Waals surface area contributed by atoms with Crippen molar-refractivity contribution in [3.8, 4) is 0 Å². The number of carbonyl (C=O) groups is 8. The minimum absolute atomic E-state index is 0.0104. The predicted octanol–water partition coefficient (Wildman–Crippen LogP) is 5.71. The minimum Gasteiger partial charge on any atom is -0.481 e. The molecule has 0 aromatic carbocycles. The first-order valence-corrected chi connectivity index (χ1v) is 26.7. The first-order valence-electron chi connectivity index (χ1n) is 22.4. The second kappa shape index (κ2) is 38.8. The van der Waals surface area contributed by atoms with Gasteiger partial charge in [0.05, 0.1) is 38.2 Å². The summed E-state index contributed by atoms with van der Waals surface area (Å²) in [6.07, 6.45) is 11.6. The molecule has 2 rings (SSSR count). The molecule has 2 saturated carbocycles. The predicted molar refractivity (Wildman–Crippen MR) is 260 cm³/mol. The molecule has 15 nitrogen and oxygen atoms in total. The molecule has 0 aromatic heterocycles. The lowest BCUT2D eigenvalue weighted by Gasteiger charge is -2.35. The molecule has 10 atom stereocenters. The Morgan fingerprint density at radius 2 is 1.18 bits per heavy atom. The molecular formula is C41H73N3O12P2S4. The molecule has 0 aromatic rings. The number of carboxylic acid groups (broad SMARTS) is 2. The summed E-state index contributed by atoms with van der Waals surface area (Å²) < 4.78 is 23.4. The fraction of sp³-hybridized carbons (Fsp3) is 0.805. The van der Waals surface area contributed by atoms with Crippen LogP contribution in [0.4, 0.5) is 0 Å². The number of ketones is 3. The number of carbonyl (C=O) groups excluding carboxylic acids is 6. The van der Waals surface area contributed by atoms with E-state index < -0.39 is 42.6 Å². The highest BCUT2D eigenvalue weighted by Crippen LogP contribution is 2.41. The van der Waals surface area contributed by atoms with Gasteiger partial charge in [0.1, 0.15) is 36.5 Å². The van der Waals surface area contributed by atoms with Crippen molar-refractivity contribution in [3.63, 3.8) is 0 Å². The summed E-state index contributed by atoms with van der Waals surface area (Å²) in [5.74, 6) is -1.39. The summed E-state index contributed by atoms with van der Waals surface area (Å²) in [6.45, 7) is 4.03. The van der Waals surface area contributed by atoms with Crippen LogP contribution in [0.3, 0.4) is 0 Å². The maximum Gasteiger partial charge on any atom is 0.325 e. The molecule has 0 aliphatic heterocycles. The van der Waals surface area contributed by atoms with Crippen LogP contribution in [0.15, 0.2) is 0 Å². The van der Waals surface area contributed by atoms with Crippen molar-refractivity contribution in [1.82, 2.24) is 5.32 Å². The highest BCUT2D eigenvalue weighted by molar-refractivity contribution is 8.05. The van der Waals surface area contributed by atoms with Crippen molar-refractivity contribution in [2.45, 2.75) is 150 Å². The molecule has 62 heavy (non-hydrogen) atoms. The van der Waals surface area contributed by atoms with Crippen molar-refractivity contribution in [3.05, 3.63) is 0 Å². The Bertz CT molecular complexity index is 1410. The second-order valence-electron chi connectivity index (χ2n) is 14.8. The van der Waals surface area contributed by atoms with Crippen molar-refractivity contribution < 1.29 is 60.8 Å². The summed E-state index contributed by atoms with van der Waals surface area (Å²) in [5.41, 5.74) is 11.1. The number of hydrogen-bond acceptors (Lipinski definition) is 16. The van der Waals surface area contributed by atoms with E-state index in [0.717, 1.165) is 77.0 Å². The molecule has 2 aliphatic rings. The van der Waals surface area contributed by atoms with E-state index in [1.54, 1.807) is 30.4 Å². The Balaban J connectivity index is 0.00000102. The molecule has 8 unspecified atom stereocenters. The summed E-state index contributed by atoms with van der Waals surface area (Å²) in [6, 6.07) is -0.506. The Morgan fingerprint density at radius 1 is 0.694 bits per heavy atom. The zero-order valence-corrected chi connectivity index (χ0v) is 41.9. The standard InChI is InChI=1S/C21H36NO5PS2.C12H25N2O3P.C8H12O4S2/c1-3-16(21(26)22-11-20(25)27-14-28)7-5-4-6-8-17(24)13-30-19-10-9-18(19)29-12-15(2)23;13-8-4-2-1-3-5-10(14)11(15)6-7-12(16)17-9-18;9-7(10)3-13-5-1-2-6(5)14-4-8(11)12/h16,18-19H,3-14,28H2,1-2H3,(H,22,26);10H,1-9,13-14,18H2;5-6H,1-4H2,(H,9,10)(H,11,12)/t16-,18?,19?;10-;/m00./s1/i14T;9T;/t14?,16-,18?,19?;9?,10-;. The van der Waals surface area contributed by atoms with Crippen LogP contribution in [-0.2, 0) is 47.8 Å². The number of esters is 2. The Kier molecular flexibility index (Phi) is 35.4. The van der Waals surface area contributed by atoms with Crippen LogP contribution in [-0.4, -0.2) is 133 Å². The number of thioether (sulfide) groups is 4. The van der Waals surface area contributed by atoms with Gasteiger partial charge in [0.15, 0.2) is 0 Å². The van der Waals surface area contributed by atoms with E-state index in [1.165, 1.54) is 23.5 Å². The number of aliphatic carboxylic acids is 2. The van der Waals surface area contributed by atoms with Gasteiger partial charge in [-0.2, -0.15) is 0 Å². The van der Waals surface area contributed by atoms with E-state index in [1.807, 2.05) is 25.4 Å². The highest BCUT2D eigenvalue weighted by Gasteiger charge is 2.33. The summed E-state index contributed by atoms with van der Waals surface area (Å²) in [5, 5.41) is 21.2. The number of hydrogen-bond donors (Lipinski definition) is 5. The first kappa shape index (κ1) is 56.7. The van der Waals surface area contributed by atoms with Crippen LogP contribution >= 0.6 is 65.5 Å². The summed E-state index contributed by atoms with van der Waals surface area (Å²) in [7, 11) is 4.08. The zero-order valence-electron chi connectivity index (χ0n) is 38.3. The molecule has 7 N–H and O–H groups in total. The van der Waals surface area contributed by atoms with Crippen LogP contribution in [0.2, 0.25) is 0 Å². The van der Waals surface area contributed by atoms with Gasteiger partial charge in [-0.25, -0.2) is 0 Å². The average molecular weight is 994 g/mol. The van der Waals surface area contributed by atoms with Gasteiger partial charge in [0, 0.05) is 39.8 Å². The average Bonchev–Trinajstić information content (AvgIpc) is 3.19. The molecule has 0 radical (unpaired) electrons. The molecule has 1 amide bonds. The monoisotopic (exact) mass is 993 g/mol. The van der Waals surface area contributed by atoms with Crippen LogP contribution < -0.4 is 16.8 Å². The SMILES string of the molecule is O=C(O)CSC1CCC1SCC(=O)O.[3H]C(P)OC(=O)CCC(=O)[C@@H](N)CCCCCCN.[3H]C(P)OC(=O)CNC(=O)[C@@H](CC)CCCCCC(=O)CSC1CCC1SCC(C)=O. The molecule has 0 spiro atoms. The van der Waals surface area contributed by atoms with Crippen LogP contribution in [0.1, 0.15) is 126 Å². The van der Waals surface area contributed by atoms with E-state index in [2.05, 4.69) is 14.8 Å². The topological polar surface area (TPSA) is 260 Å². The first-order chi connectivity index (χ1) is 30.3. The second-order valence-corrected chi connectivity index (χ2v) is 20.3. The van der Waals surface area contributed by atoms with Gasteiger partial charge in [0.2, 0.25) is 5.91 Å². The van der Waals surface area contributed by atoms with Crippen molar-refractivity contribution >= 4 is 113 Å². The number of rotatable bonds is 34. The fourth-order valence-electron chi connectivity index (χ4n) is 5.89. The number of nitrogens with one attached hydrogen (secondary N) is 1. The van der Waals surface area contributed by atoms with Gasteiger partial charge < -0.3 is 36.5 Å². The van der Waals surface area contributed by atoms with Gasteiger partial charge in [-0.1, -0.05) is 57.5 Å². The quantitative estimate of drug-likeness (QED) is 0.0294. The minimum atomic E-state index is -1.02. The number of unbranched alkanes of at least 4 members (excludes halogenated alkanes) is 5. The largest absolute Gasteiger partial charge is 0.481 e. The van der Waals surface area contributed by atoms with Gasteiger partial charge in [-0.05, 0) is 71.3 Å². The Morgan fingerprint density at radius 3 is 1.66 bits per heavy atom. The molecule has 0 saturated heterocycles. The van der Waals surface area contributed by atoms with Gasteiger partial charge in [-0.15, -0.1) is 47.0 Å². The zero-order chi connectivity index (χ0) is 48.5. The molecular weight excluding hydrogens is 917 g/mol. The van der Waals surface area contributed by atoms with Crippen molar-refractivity contribution in [2.24, 2.45) is 17.4 Å². The van der Waals surface area contributed by atoms with E-state index in [-0.39, 0.29) is 60.1 Å². The van der Waals surface area contributed by atoms with Crippen molar-refractivity contribution in [2.75, 3.05) is 48.7 Å². The highest BCUT2D eigenvalue weighted by atomic mass is 32.2. The molecule has 2 fully saturated rings. The summed E-state index contributed by atoms with van der Waals surface area (Å²) in [4.78, 5) is 90.2. The third kappa shape index (κ3) is 32.2. The van der Waals surface area contributed by atoms with Gasteiger partial charge in [-0.3, -0.25) is 38.4 Å². The number of Topliss-reactive ketones (excluding diaryl/α,β-unsaturated/α-hetero) is 3. The summed E-state index contributed by atoms with van der Waals surface area (Å²) >= 11 is 6.29. The van der Waals surface area contributed by atoms with E-state index in [9.17, 15) is 38.4 Å². The molecule has 2 aliphatic carbocycles. The lowest BCUT2D eigenvalue weighted by molar-refractivity contribution is -0.143. The smallest absolute Gasteiger partial charge is 0.325 e. The number of nitrogens with two attached hydrogens (primary N) is 2. The van der Waals surface area contributed by atoms with Gasteiger partial charge >= 0.3 is 23.9 Å².